The van der Waals surface area contributed by atoms with Gasteiger partial charge in [0, 0.05) is 65.0 Å². The van der Waals surface area contributed by atoms with Gasteiger partial charge in [-0.3, -0.25) is 4.79 Å². The molecule has 0 unspecified atom stereocenters. The second kappa shape index (κ2) is 9.57. The fraction of sp³-hybridized carbons (Fsp3) is 0.500. The van der Waals surface area contributed by atoms with Gasteiger partial charge in [-0.05, 0) is 18.6 Å². The molecule has 1 amide bonds. The van der Waals surface area contributed by atoms with E-state index in [1.807, 2.05) is 33.9 Å². The van der Waals surface area contributed by atoms with Crippen LogP contribution in [0.4, 0.5) is 17.6 Å². The lowest BCUT2D eigenvalue weighted by molar-refractivity contribution is -0.127. The lowest BCUT2D eigenvalue weighted by Crippen LogP contribution is -2.47. The molecule has 0 spiro atoms. The fourth-order valence-corrected chi connectivity index (χ4v) is 4.38. The number of aliphatic hydroxyl groups excluding tert-OH is 1. The summed E-state index contributed by atoms with van der Waals surface area (Å²) in [7, 11) is 0. The number of fused-ring (bicyclic) bond motifs is 1. The maximum atomic E-state index is 12.0. The molecule has 3 aromatic heterocycles. The normalized spacial score (nSPS) is 16.8. The highest BCUT2D eigenvalue weighted by molar-refractivity contribution is 5.84. The van der Waals surface area contributed by atoms with E-state index in [1.54, 1.807) is 6.33 Å². The number of pyridine rings is 1. The molecule has 33 heavy (non-hydrogen) atoms. The van der Waals surface area contributed by atoms with E-state index in [0.717, 1.165) is 50.6 Å². The Bertz CT molecular complexity index is 1100. The molecular weight excluding hydrogens is 422 g/mol. The van der Waals surface area contributed by atoms with E-state index >= 15 is 0 Å². The number of piperazine rings is 1. The molecule has 0 radical (unpaired) electrons. The lowest BCUT2D eigenvalue weighted by Gasteiger charge is -2.35. The van der Waals surface area contributed by atoms with Crippen molar-refractivity contribution >= 4 is 34.7 Å². The van der Waals surface area contributed by atoms with Crippen LogP contribution in [0.15, 0.2) is 30.7 Å². The summed E-state index contributed by atoms with van der Waals surface area (Å²) in [5.74, 6) is 2.45. The van der Waals surface area contributed by atoms with Crippen LogP contribution >= 0.6 is 0 Å². The molecule has 2 fully saturated rings. The highest BCUT2D eigenvalue weighted by Crippen LogP contribution is 2.24. The molecule has 0 saturated carbocycles. The molecule has 0 aromatic carbocycles. The van der Waals surface area contributed by atoms with Gasteiger partial charge in [-0.2, -0.15) is 9.97 Å². The third kappa shape index (κ3) is 4.54. The van der Waals surface area contributed by atoms with E-state index in [9.17, 15) is 9.90 Å². The fourth-order valence-electron chi connectivity index (χ4n) is 4.38. The van der Waals surface area contributed by atoms with E-state index < -0.39 is 0 Å². The molecule has 2 aliphatic heterocycles. The Balaban J connectivity index is 1.37. The van der Waals surface area contributed by atoms with Crippen molar-refractivity contribution in [1.82, 2.24) is 29.4 Å². The molecule has 0 bridgehead atoms. The summed E-state index contributed by atoms with van der Waals surface area (Å²) in [5.41, 5.74) is 1.41. The summed E-state index contributed by atoms with van der Waals surface area (Å²) in [5, 5.41) is 12.5. The van der Waals surface area contributed by atoms with E-state index in [4.69, 9.17) is 9.97 Å². The second-order valence-electron chi connectivity index (χ2n) is 8.28. The van der Waals surface area contributed by atoms with Crippen molar-refractivity contribution in [2.75, 3.05) is 67.5 Å². The molecule has 174 valence electrons. The second-order valence-corrected chi connectivity index (χ2v) is 8.28. The van der Waals surface area contributed by atoms with Crippen LogP contribution in [0.3, 0.4) is 0 Å². The van der Waals surface area contributed by atoms with Gasteiger partial charge in [-0.25, -0.2) is 9.97 Å². The van der Waals surface area contributed by atoms with Gasteiger partial charge in [0.05, 0.1) is 12.9 Å². The Labute approximate surface area is 192 Å². The summed E-state index contributed by atoms with van der Waals surface area (Å²) in [4.78, 5) is 36.9. The van der Waals surface area contributed by atoms with Gasteiger partial charge < -0.3 is 29.7 Å². The number of amides is 1. The van der Waals surface area contributed by atoms with Crippen LogP contribution in [0.25, 0.3) is 11.2 Å². The molecule has 11 heteroatoms. The van der Waals surface area contributed by atoms with Crippen LogP contribution in [-0.4, -0.2) is 92.8 Å². The number of carbonyl (C=O) groups excluding carboxylic acids is 1. The summed E-state index contributed by atoms with van der Waals surface area (Å²) in [6.45, 7) is 5.68. The monoisotopic (exact) mass is 451 g/mol. The van der Waals surface area contributed by atoms with Gasteiger partial charge in [0.2, 0.25) is 11.9 Å². The number of hydrogen-bond acceptors (Lipinski definition) is 9. The lowest BCUT2D eigenvalue weighted by atomic mass is 10.3. The molecule has 5 heterocycles. The van der Waals surface area contributed by atoms with E-state index in [2.05, 4.69) is 25.1 Å². The van der Waals surface area contributed by atoms with Gasteiger partial charge in [0.15, 0.2) is 17.0 Å². The highest BCUT2D eigenvalue weighted by Gasteiger charge is 2.23. The molecular formula is C22H29N9O2. The smallest absolute Gasteiger partial charge is 0.229 e. The number of carbonyl (C=O) groups is 1. The molecule has 2 aliphatic rings. The molecule has 11 nitrogen and oxygen atoms in total. The molecule has 2 saturated heterocycles. The number of hydrogen-bond donors (Lipinski definition) is 2. The van der Waals surface area contributed by atoms with Crippen molar-refractivity contribution in [3.8, 4) is 0 Å². The predicted molar refractivity (Wildman–Crippen MR) is 125 cm³/mol. The highest BCUT2D eigenvalue weighted by atomic mass is 16.3. The first-order chi connectivity index (χ1) is 16.2. The molecule has 0 atom stereocenters. The van der Waals surface area contributed by atoms with E-state index in [0.29, 0.717) is 43.3 Å². The van der Waals surface area contributed by atoms with Crippen molar-refractivity contribution in [2.24, 2.45) is 0 Å². The number of nitrogens with zero attached hydrogens (tertiary/aromatic N) is 8. The Morgan fingerprint density at radius 1 is 1.00 bits per heavy atom. The summed E-state index contributed by atoms with van der Waals surface area (Å²) >= 11 is 0. The predicted octanol–water partition coefficient (Wildman–Crippen LogP) is 0.575. The van der Waals surface area contributed by atoms with E-state index in [-0.39, 0.29) is 12.5 Å². The average Bonchev–Trinajstić information content (AvgIpc) is 3.47. The Hall–Kier alpha value is -3.47. The minimum absolute atomic E-state index is 0.00135. The summed E-state index contributed by atoms with van der Waals surface area (Å²) in [6.07, 6.45) is 5.13. The van der Waals surface area contributed by atoms with Gasteiger partial charge in [0.1, 0.15) is 5.82 Å². The van der Waals surface area contributed by atoms with Crippen molar-refractivity contribution < 1.29 is 9.90 Å². The number of rotatable bonds is 8. The van der Waals surface area contributed by atoms with Crippen LogP contribution in [-0.2, 0) is 11.3 Å². The van der Waals surface area contributed by atoms with Crippen molar-refractivity contribution in [3.63, 3.8) is 0 Å². The number of anilines is 3. The van der Waals surface area contributed by atoms with Gasteiger partial charge >= 0.3 is 0 Å². The summed E-state index contributed by atoms with van der Waals surface area (Å²) in [6, 6.07) is 5.95. The summed E-state index contributed by atoms with van der Waals surface area (Å²) < 4.78 is 1.99. The van der Waals surface area contributed by atoms with Crippen molar-refractivity contribution in [2.45, 2.75) is 19.4 Å². The van der Waals surface area contributed by atoms with Gasteiger partial charge in [0.25, 0.3) is 0 Å². The molecule has 0 aliphatic carbocycles. The maximum Gasteiger partial charge on any atom is 0.229 e. The van der Waals surface area contributed by atoms with Crippen LogP contribution in [0, 0.1) is 0 Å². The first-order valence-corrected chi connectivity index (χ1v) is 11.5. The van der Waals surface area contributed by atoms with E-state index in [1.165, 1.54) is 0 Å². The standard InChI is InChI=1S/C22H29N9O2/c32-15-7-24-20-19-21(31(16-25-19)14-11-29-8-3-5-18(29)33)27-22(26-20)30-12-9-28(10-13-30)17-4-1-2-6-23-17/h1-2,4,6,16,32H,3,5,7-15H2,(H,24,26,27). The molecule has 3 aromatic rings. The number of nitrogens with one attached hydrogen (secondary N) is 1. The van der Waals surface area contributed by atoms with Crippen molar-refractivity contribution in [3.05, 3.63) is 30.7 Å². The Morgan fingerprint density at radius 2 is 1.85 bits per heavy atom. The third-order valence-electron chi connectivity index (χ3n) is 6.17. The maximum absolute atomic E-state index is 12.0. The largest absolute Gasteiger partial charge is 0.395 e. The first-order valence-electron chi connectivity index (χ1n) is 11.5. The van der Waals surface area contributed by atoms with Crippen LogP contribution < -0.4 is 15.1 Å². The average molecular weight is 452 g/mol. The first kappa shape index (κ1) is 21.4. The Kier molecular flexibility index (Phi) is 6.20. The Morgan fingerprint density at radius 3 is 2.58 bits per heavy atom. The SMILES string of the molecule is O=C1CCCN1CCn1cnc2c(NCCO)nc(N3CCN(c4ccccn4)CC3)nc21. The van der Waals surface area contributed by atoms with Gasteiger partial charge in [-0.1, -0.05) is 6.07 Å². The van der Waals surface area contributed by atoms with Crippen LogP contribution in [0.1, 0.15) is 12.8 Å². The van der Waals surface area contributed by atoms with Crippen molar-refractivity contribution in [1.29, 1.82) is 0 Å². The molecule has 5 rings (SSSR count). The zero-order valence-electron chi connectivity index (χ0n) is 18.6. The minimum Gasteiger partial charge on any atom is -0.395 e. The topological polar surface area (TPSA) is 116 Å². The molecule has 2 N–H and O–H groups in total. The number of imidazole rings is 1. The number of likely N-dealkylation sites (tertiary alicyclic amines) is 1. The zero-order valence-corrected chi connectivity index (χ0v) is 18.6. The number of aromatic nitrogens is 5. The quantitative estimate of drug-likeness (QED) is 0.507. The third-order valence-corrected chi connectivity index (χ3v) is 6.17. The zero-order chi connectivity index (χ0) is 22.6. The minimum atomic E-state index is 0.00135. The van der Waals surface area contributed by atoms with Gasteiger partial charge in [-0.15, -0.1) is 0 Å². The van der Waals surface area contributed by atoms with Crippen LogP contribution in [0.5, 0.6) is 0 Å². The van der Waals surface area contributed by atoms with Crippen LogP contribution in [0.2, 0.25) is 0 Å². The number of aliphatic hydroxyl groups is 1.